The summed E-state index contributed by atoms with van der Waals surface area (Å²) in [6.45, 7) is 9.07. The van der Waals surface area contributed by atoms with Crippen LogP contribution in [0.5, 0.6) is 0 Å². The third-order valence-corrected chi connectivity index (χ3v) is 4.52. The number of halogens is 3. The van der Waals surface area contributed by atoms with E-state index in [9.17, 15) is 8.78 Å². The highest BCUT2D eigenvalue weighted by molar-refractivity contribution is 14.0. The normalized spacial score (nSPS) is 17.9. The summed E-state index contributed by atoms with van der Waals surface area (Å²) in [5.41, 5.74) is 0.734. The van der Waals surface area contributed by atoms with Crippen LogP contribution in [0, 0.1) is 17.6 Å². The first-order valence-electron chi connectivity index (χ1n) is 9.72. The standard InChI is InChI=1S/C20H31F2N3O2.HI/c1-3-23-20(24-8-4-9-26-13-16-7-10-27-14-16)25-12-15(2)17-5-6-18(21)19(22)11-17;/h5-6,11,15-16H,3-4,7-10,12-14H2,1-2H3,(H2,23,24,25);1H. The van der Waals surface area contributed by atoms with Crippen LogP contribution in [-0.2, 0) is 9.47 Å². The lowest BCUT2D eigenvalue weighted by Crippen LogP contribution is -2.38. The highest BCUT2D eigenvalue weighted by Gasteiger charge is 2.15. The number of hydrogen-bond donors (Lipinski definition) is 2. The molecule has 1 aliphatic rings. The van der Waals surface area contributed by atoms with Crippen molar-refractivity contribution in [3.05, 3.63) is 35.4 Å². The second-order valence-electron chi connectivity index (χ2n) is 6.88. The third kappa shape index (κ3) is 9.00. The van der Waals surface area contributed by atoms with Crippen LogP contribution >= 0.6 is 24.0 Å². The molecule has 1 saturated heterocycles. The van der Waals surface area contributed by atoms with Gasteiger partial charge in [0.25, 0.3) is 0 Å². The van der Waals surface area contributed by atoms with Gasteiger partial charge < -0.3 is 20.1 Å². The van der Waals surface area contributed by atoms with E-state index in [0.29, 0.717) is 19.1 Å². The first-order valence-corrected chi connectivity index (χ1v) is 9.72. The Morgan fingerprint density at radius 2 is 2.14 bits per heavy atom. The van der Waals surface area contributed by atoms with Crippen molar-refractivity contribution in [1.82, 2.24) is 10.6 Å². The highest BCUT2D eigenvalue weighted by Crippen LogP contribution is 2.18. The number of hydrogen-bond acceptors (Lipinski definition) is 3. The van der Waals surface area contributed by atoms with Crippen LogP contribution < -0.4 is 10.6 Å². The Morgan fingerprint density at radius 3 is 2.82 bits per heavy atom. The van der Waals surface area contributed by atoms with E-state index in [1.807, 2.05) is 13.8 Å². The number of aliphatic imine (C=N–C) groups is 1. The van der Waals surface area contributed by atoms with Crippen molar-refractivity contribution in [3.8, 4) is 0 Å². The van der Waals surface area contributed by atoms with Crippen LogP contribution in [0.4, 0.5) is 8.78 Å². The van der Waals surface area contributed by atoms with Gasteiger partial charge in [-0.05, 0) is 37.5 Å². The second-order valence-corrected chi connectivity index (χ2v) is 6.88. The van der Waals surface area contributed by atoms with Gasteiger partial charge in [0.15, 0.2) is 17.6 Å². The van der Waals surface area contributed by atoms with Gasteiger partial charge in [0.05, 0.1) is 13.2 Å². The largest absolute Gasteiger partial charge is 0.381 e. The number of nitrogens with zero attached hydrogens (tertiary/aromatic N) is 1. The van der Waals surface area contributed by atoms with Gasteiger partial charge in [0.2, 0.25) is 0 Å². The number of guanidine groups is 1. The lowest BCUT2D eigenvalue weighted by atomic mass is 10.0. The summed E-state index contributed by atoms with van der Waals surface area (Å²) in [6.07, 6.45) is 1.97. The molecule has 1 aromatic carbocycles. The van der Waals surface area contributed by atoms with Gasteiger partial charge in [-0.15, -0.1) is 24.0 Å². The summed E-state index contributed by atoms with van der Waals surface area (Å²) in [6, 6.07) is 4.00. The molecule has 0 bridgehead atoms. The zero-order chi connectivity index (χ0) is 19.5. The van der Waals surface area contributed by atoms with E-state index in [0.717, 1.165) is 63.3 Å². The van der Waals surface area contributed by atoms with Crippen molar-refractivity contribution in [1.29, 1.82) is 0 Å². The molecular formula is C20H32F2IN3O2. The zero-order valence-corrected chi connectivity index (χ0v) is 19.0. The van der Waals surface area contributed by atoms with Crippen LogP contribution in [0.1, 0.15) is 38.2 Å². The predicted octanol–water partition coefficient (Wildman–Crippen LogP) is 3.68. The summed E-state index contributed by atoms with van der Waals surface area (Å²) < 4.78 is 37.4. The van der Waals surface area contributed by atoms with E-state index in [1.165, 1.54) is 6.07 Å². The number of ether oxygens (including phenoxy) is 2. The molecule has 2 N–H and O–H groups in total. The van der Waals surface area contributed by atoms with Gasteiger partial charge in [-0.25, -0.2) is 8.78 Å². The first kappa shape index (κ1) is 25.0. The zero-order valence-electron chi connectivity index (χ0n) is 16.7. The molecule has 0 radical (unpaired) electrons. The molecular weight excluding hydrogens is 479 g/mol. The minimum atomic E-state index is -0.827. The van der Waals surface area contributed by atoms with Crippen LogP contribution in [0.2, 0.25) is 0 Å². The number of nitrogens with one attached hydrogen (secondary N) is 2. The van der Waals surface area contributed by atoms with Crippen LogP contribution in [-0.4, -0.2) is 52.0 Å². The minimum Gasteiger partial charge on any atom is -0.381 e. The van der Waals surface area contributed by atoms with Gasteiger partial charge in [-0.2, -0.15) is 0 Å². The van der Waals surface area contributed by atoms with Crippen molar-refractivity contribution >= 4 is 29.9 Å². The molecule has 2 atom stereocenters. The fraction of sp³-hybridized carbons (Fsp3) is 0.650. The van der Waals surface area contributed by atoms with E-state index in [4.69, 9.17) is 9.47 Å². The quantitative estimate of drug-likeness (QED) is 0.218. The summed E-state index contributed by atoms with van der Waals surface area (Å²) >= 11 is 0. The maximum atomic E-state index is 13.4. The number of benzene rings is 1. The van der Waals surface area contributed by atoms with Crippen LogP contribution in [0.15, 0.2) is 23.2 Å². The topological polar surface area (TPSA) is 54.9 Å². The molecule has 1 fully saturated rings. The van der Waals surface area contributed by atoms with E-state index in [2.05, 4.69) is 15.6 Å². The summed E-state index contributed by atoms with van der Waals surface area (Å²) in [5.74, 6) is -0.400. The SMILES string of the molecule is CCNC(=NCC(C)c1ccc(F)c(F)c1)NCCCOCC1CCOC1.I. The predicted molar refractivity (Wildman–Crippen MR) is 119 cm³/mol. The molecule has 2 rings (SSSR count). The molecule has 28 heavy (non-hydrogen) atoms. The van der Waals surface area contributed by atoms with Gasteiger partial charge in [-0.3, -0.25) is 4.99 Å². The smallest absolute Gasteiger partial charge is 0.191 e. The average molecular weight is 511 g/mol. The summed E-state index contributed by atoms with van der Waals surface area (Å²) in [5, 5.41) is 6.47. The van der Waals surface area contributed by atoms with Crippen molar-refractivity contribution in [3.63, 3.8) is 0 Å². The Labute approximate surface area is 183 Å². The van der Waals surface area contributed by atoms with Crippen LogP contribution in [0.25, 0.3) is 0 Å². The average Bonchev–Trinajstić information content (AvgIpc) is 3.17. The van der Waals surface area contributed by atoms with Crippen molar-refractivity contribution in [2.45, 2.75) is 32.6 Å². The number of rotatable bonds is 10. The lowest BCUT2D eigenvalue weighted by Gasteiger charge is -2.14. The molecule has 8 heteroatoms. The molecule has 1 aromatic rings. The molecule has 0 aliphatic carbocycles. The molecule has 5 nitrogen and oxygen atoms in total. The Hall–Kier alpha value is -1.00. The fourth-order valence-corrected chi connectivity index (χ4v) is 2.84. The molecule has 1 heterocycles. The second kappa shape index (κ2) is 14.1. The monoisotopic (exact) mass is 511 g/mol. The molecule has 0 aromatic heterocycles. The van der Waals surface area contributed by atoms with E-state index < -0.39 is 11.6 Å². The Morgan fingerprint density at radius 1 is 1.32 bits per heavy atom. The first-order chi connectivity index (χ1) is 13.1. The lowest BCUT2D eigenvalue weighted by molar-refractivity contribution is 0.0888. The van der Waals surface area contributed by atoms with E-state index >= 15 is 0 Å². The maximum absolute atomic E-state index is 13.4. The molecule has 0 saturated carbocycles. The van der Waals surface area contributed by atoms with Crippen molar-refractivity contribution in [2.24, 2.45) is 10.9 Å². The van der Waals surface area contributed by atoms with Crippen molar-refractivity contribution < 1.29 is 18.3 Å². The third-order valence-electron chi connectivity index (χ3n) is 4.52. The van der Waals surface area contributed by atoms with Gasteiger partial charge in [0.1, 0.15) is 0 Å². The Bertz CT molecular complexity index is 599. The van der Waals surface area contributed by atoms with Gasteiger partial charge in [0, 0.05) is 44.7 Å². The van der Waals surface area contributed by atoms with Gasteiger partial charge >= 0.3 is 0 Å². The molecule has 1 aliphatic heterocycles. The Kier molecular flexibility index (Phi) is 12.6. The Balaban J connectivity index is 0.00000392. The minimum absolute atomic E-state index is 0. The highest BCUT2D eigenvalue weighted by atomic mass is 127. The summed E-state index contributed by atoms with van der Waals surface area (Å²) in [4.78, 5) is 4.54. The van der Waals surface area contributed by atoms with Gasteiger partial charge in [-0.1, -0.05) is 13.0 Å². The van der Waals surface area contributed by atoms with E-state index in [-0.39, 0.29) is 29.9 Å². The summed E-state index contributed by atoms with van der Waals surface area (Å²) in [7, 11) is 0. The van der Waals surface area contributed by atoms with E-state index in [1.54, 1.807) is 6.07 Å². The fourth-order valence-electron chi connectivity index (χ4n) is 2.84. The molecule has 160 valence electrons. The molecule has 0 amide bonds. The molecule has 2 unspecified atom stereocenters. The maximum Gasteiger partial charge on any atom is 0.191 e. The van der Waals surface area contributed by atoms with Crippen LogP contribution in [0.3, 0.4) is 0 Å². The molecule has 0 spiro atoms. The van der Waals surface area contributed by atoms with Crippen molar-refractivity contribution in [2.75, 3.05) is 46.1 Å².